The molecule has 0 amide bonds. The first-order valence-electron chi connectivity index (χ1n) is 4.64. The van der Waals surface area contributed by atoms with Gasteiger partial charge in [-0.15, -0.1) is 11.3 Å². The molecule has 2 heterocycles. The van der Waals surface area contributed by atoms with E-state index in [-0.39, 0.29) is 16.9 Å². The lowest BCUT2D eigenvalue weighted by molar-refractivity contribution is -0.115. The number of anilines is 1. The van der Waals surface area contributed by atoms with Gasteiger partial charge >= 0.3 is 12.1 Å². The fourth-order valence-corrected chi connectivity index (χ4v) is 2.27. The van der Waals surface area contributed by atoms with Crippen molar-refractivity contribution in [1.29, 1.82) is 0 Å². The number of hydrogen-bond donors (Lipinski definition) is 2. The van der Waals surface area contributed by atoms with Crippen molar-refractivity contribution in [3.63, 3.8) is 0 Å². The molecule has 0 fully saturated rings. The molecule has 0 atom stereocenters. The van der Waals surface area contributed by atoms with Crippen LogP contribution in [0, 0.1) is 0 Å². The summed E-state index contributed by atoms with van der Waals surface area (Å²) in [6, 6.07) is 0. The molecular formula is C9H6F3N3O2S. The molecule has 2 aromatic heterocycles. The fraction of sp³-hybridized carbons (Fsp3) is 0.222. The van der Waals surface area contributed by atoms with Crippen LogP contribution in [0.15, 0.2) is 11.7 Å². The molecule has 9 heteroatoms. The molecule has 0 saturated heterocycles. The molecule has 2 rings (SSSR count). The largest absolute Gasteiger partial charge is 0.478 e. The van der Waals surface area contributed by atoms with Crippen LogP contribution >= 0.6 is 11.3 Å². The summed E-state index contributed by atoms with van der Waals surface area (Å²) >= 11 is 0.984. The molecule has 5 nitrogen and oxygen atoms in total. The van der Waals surface area contributed by atoms with Gasteiger partial charge in [-0.25, -0.2) is 14.8 Å². The standard InChI is InChI=1S/C9H6F3N3O2S/c10-9(11,12)2-13-7-6-5(14-3-15-7)4(1-18-6)8(16)17/h1,3H,2H2,(H,16,17)(H,13,14,15). The first-order valence-corrected chi connectivity index (χ1v) is 5.52. The van der Waals surface area contributed by atoms with Gasteiger partial charge in [-0.1, -0.05) is 0 Å². The lowest BCUT2D eigenvalue weighted by Crippen LogP contribution is -2.21. The Bertz CT molecular complexity index is 596. The highest BCUT2D eigenvalue weighted by Crippen LogP contribution is 2.29. The third-order valence-corrected chi connectivity index (χ3v) is 3.02. The molecule has 0 aliphatic heterocycles. The molecule has 18 heavy (non-hydrogen) atoms. The van der Waals surface area contributed by atoms with Gasteiger partial charge in [0.2, 0.25) is 0 Å². The number of nitrogens with zero attached hydrogens (tertiary/aromatic N) is 2. The van der Waals surface area contributed by atoms with Gasteiger partial charge in [0.05, 0.1) is 10.3 Å². The quantitative estimate of drug-likeness (QED) is 0.900. The number of hydrogen-bond acceptors (Lipinski definition) is 5. The topological polar surface area (TPSA) is 75.1 Å². The zero-order valence-electron chi connectivity index (χ0n) is 8.65. The Balaban J connectivity index is 2.38. The highest BCUT2D eigenvalue weighted by atomic mass is 32.1. The molecule has 0 spiro atoms. The van der Waals surface area contributed by atoms with Crippen molar-refractivity contribution in [2.24, 2.45) is 0 Å². The van der Waals surface area contributed by atoms with E-state index in [1.165, 1.54) is 5.38 Å². The van der Waals surface area contributed by atoms with Gasteiger partial charge in [-0.05, 0) is 0 Å². The predicted molar refractivity (Wildman–Crippen MR) is 58.9 cm³/mol. The maximum Gasteiger partial charge on any atom is 0.405 e. The zero-order chi connectivity index (χ0) is 13.3. The van der Waals surface area contributed by atoms with Gasteiger partial charge in [0.25, 0.3) is 0 Å². The van der Waals surface area contributed by atoms with Crippen molar-refractivity contribution in [2.75, 3.05) is 11.9 Å². The summed E-state index contributed by atoms with van der Waals surface area (Å²) in [5.41, 5.74) is 0.0830. The van der Waals surface area contributed by atoms with E-state index in [2.05, 4.69) is 15.3 Å². The van der Waals surface area contributed by atoms with Gasteiger partial charge in [-0.2, -0.15) is 13.2 Å². The van der Waals surface area contributed by atoms with Crippen LogP contribution in [0.4, 0.5) is 19.0 Å². The Labute approximate surface area is 102 Å². The van der Waals surface area contributed by atoms with Gasteiger partial charge in [-0.3, -0.25) is 0 Å². The van der Waals surface area contributed by atoms with E-state index in [0.29, 0.717) is 4.70 Å². The van der Waals surface area contributed by atoms with Crippen molar-refractivity contribution in [3.8, 4) is 0 Å². The minimum atomic E-state index is -4.37. The van der Waals surface area contributed by atoms with Gasteiger partial charge in [0.1, 0.15) is 24.2 Å². The highest BCUT2D eigenvalue weighted by Gasteiger charge is 2.27. The molecule has 2 aromatic rings. The van der Waals surface area contributed by atoms with Gasteiger partial charge in [0.15, 0.2) is 0 Å². The number of nitrogens with one attached hydrogen (secondary N) is 1. The second kappa shape index (κ2) is 4.41. The van der Waals surface area contributed by atoms with Crippen LogP contribution in [-0.4, -0.2) is 33.8 Å². The maximum absolute atomic E-state index is 12.1. The van der Waals surface area contributed by atoms with Crippen LogP contribution in [0.1, 0.15) is 10.4 Å². The molecule has 2 N–H and O–H groups in total. The Morgan fingerprint density at radius 1 is 1.44 bits per heavy atom. The Morgan fingerprint density at radius 3 is 2.78 bits per heavy atom. The number of aromatic carboxylic acids is 1. The lowest BCUT2D eigenvalue weighted by Gasteiger charge is -2.08. The number of fused-ring (bicyclic) bond motifs is 1. The summed E-state index contributed by atoms with van der Waals surface area (Å²) in [6.45, 7) is -1.24. The normalized spacial score (nSPS) is 11.7. The molecular weight excluding hydrogens is 271 g/mol. The van der Waals surface area contributed by atoms with Crippen molar-refractivity contribution in [2.45, 2.75) is 6.18 Å². The summed E-state index contributed by atoms with van der Waals surface area (Å²) in [5.74, 6) is -1.20. The monoisotopic (exact) mass is 277 g/mol. The minimum Gasteiger partial charge on any atom is -0.478 e. The Hall–Kier alpha value is -1.90. The van der Waals surface area contributed by atoms with Crippen LogP contribution < -0.4 is 5.32 Å². The van der Waals surface area contributed by atoms with Gasteiger partial charge in [0, 0.05) is 5.38 Å². The number of carboxylic acids is 1. The average Bonchev–Trinajstić information content (AvgIpc) is 2.69. The molecule has 0 aromatic carbocycles. The van der Waals surface area contributed by atoms with E-state index in [1.54, 1.807) is 0 Å². The van der Waals surface area contributed by atoms with E-state index in [4.69, 9.17) is 5.11 Å². The van der Waals surface area contributed by atoms with E-state index < -0.39 is 18.7 Å². The van der Waals surface area contributed by atoms with Crippen LogP contribution in [0.3, 0.4) is 0 Å². The van der Waals surface area contributed by atoms with E-state index in [1.807, 2.05) is 0 Å². The Morgan fingerprint density at radius 2 is 2.17 bits per heavy atom. The number of rotatable bonds is 3. The molecule has 0 bridgehead atoms. The van der Waals surface area contributed by atoms with E-state index in [0.717, 1.165) is 17.7 Å². The Kier molecular flexibility index (Phi) is 3.07. The number of carbonyl (C=O) groups is 1. The summed E-state index contributed by atoms with van der Waals surface area (Å²) in [7, 11) is 0. The third-order valence-electron chi connectivity index (χ3n) is 2.04. The van der Waals surface area contributed by atoms with Crippen molar-refractivity contribution < 1.29 is 23.1 Å². The second-order valence-corrected chi connectivity index (χ2v) is 4.20. The van der Waals surface area contributed by atoms with Crippen LogP contribution in [0.25, 0.3) is 10.2 Å². The summed E-state index contributed by atoms with van der Waals surface area (Å²) in [4.78, 5) is 18.3. The van der Waals surface area contributed by atoms with Crippen molar-refractivity contribution in [3.05, 3.63) is 17.3 Å². The predicted octanol–water partition coefficient (Wildman–Crippen LogP) is 2.36. The summed E-state index contributed by atoms with van der Waals surface area (Å²) in [5, 5.41) is 12.3. The number of alkyl halides is 3. The van der Waals surface area contributed by atoms with E-state index >= 15 is 0 Å². The fourth-order valence-electron chi connectivity index (χ4n) is 1.31. The van der Waals surface area contributed by atoms with Crippen LogP contribution in [-0.2, 0) is 0 Å². The van der Waals surface area contributed by atoms with Crippen LogP contribution in [0.5, 0.6) is 0 Å². The average molecular weight is 277 g/mol. The molecule has 96 valence electrons. The molecule has 0 unspecified atom stereocenters. The van der Waals surface area contributed by atoms with Gasteiger partial charge < -0.3 is 10.4 Å². The molecule has 0 aliphatic carbocycles. The molecule has 0 aliphatic rings. The number of halogens is 3. The maximum atomic E-state index is 12.1. The van der Waals surface area contributed by atoms with Crippen LogP contribution in [0.2, 0.25) is 0 Å². The molecule has 0 saturated carbocycles. The van der Waals surface area contributed by atoms with E-state index in [9.17, 15) is 18.0 Å². The number of thiophene rings is 1. The first-order chi connectivity index (χ1) is 8.38. The lowest BCUT2D eigenvalue weighted by atomic mass is 10.3. The highest BCUT2D eigenvalue weighted by molar-refractivity contribution is 7.18. The minimum absolute atomic E-state index is 0.0187. The zero-order valence-corrected chi connectivity index (χ0v) is 9.47. The number of carboxylic acid groups (broad SMARTS) is 1. The smallest absolute Gasteiger partial charge is 0.405 e. The van der Waals surface area contributed by atoms with Crippen molar-refractivity contribution in [1.82, 2.24) is 9.97 Å². The second-order valence-electron chi connectivity index (χ2n) is 3.32. The third kappa shape index (κ3) is 2.50. The number of aromatic nitrogens is 2. The summed E-state index contributed by atoms with van der Waals surface area (Å²) in [6.07, 6.45) is -3.34. The summed E-state index contributed by atoms with van der Waals surface area (Å²) < 4.78 is 36.5. The van der Waals surface area contributed by atoms with Crippen molar-refractivity contribution >= 4 is 33.3 Å². The SMILES string of the molecule is O=C(O)c1csc2c(NCC(F)(F)F)ncnc12. The first kappa shape index (κ1) is 12.6. The molecule has 0 radical (unpaired) electrons.